The molecule has 7 heteroatoms. The molecule has 2 rings (SSSR count). The smallest absolute Gasteiger partial charge is 0.305 e. The van der Waals surface area contributed by atoms with Crippen molar-refractivity contribution in [2.75, 3.05) is 11.9 Å². The maximum atomic E-state index is 10.9. The number of fused-ring (bicyclic) bond motifs is 1. The fraction of sp³-hybridized carbons (Fsp3) is 0.167. The molecular weight excluding hydrogens is 250 g/mol. The zero-order valence-electron chi connectivity index (χ0n) is 9.87. The van der Waals surface area contributed by atoms with Gasteiger partial charge in [0.2, 0.25) is 0 Å². The van der Waals surface area contributed by atoms with Gasteiger partial charge in [0.1, 0.15) is 0 Å². The number of hydrogen-bond acceptors (Lipinski definition) is 5. The fourth-order valence-electron chi connectivity index (χ4n) is 1.79. The van der Waals surface area contributed by atoms with Gasteiger partial charge in [-0.25, -0.2) is 0 Å². The van der Waals surface area contributed by atoms with Crippen LogP contribution in [0, 0.1) is 10.1 Å². The van der Waals surface area contributed by atoms with Crippen LogP contribution < -0.4 is 5.32 Å². The molecule has 0 saturated carbocycles. The second kappa shape index (κ2) is 5.30. The van der Waals surface area contributed by atoms with Crippen molar-refractivity contribution in [1.82, 2.24) is 4.98 Å². The van der Waals surface area contributed by atoms with Gasteiger partial charge in [0.25, 0.3) is 5.69 Å². The molecule has 1 aromatic heterocycles. The number of carbonyl (C=O) groups is 1. The molecule has 0 aliphatic heterocycles. The number of non-ortho nitro benzene ring substituents is 1. The third-order valence-corrected chi connectivity index (χ3v) is 2.65. The lowest BCUT2D eigenvalue weighted by molar-refractivity contribution is -0.383. The lowest BCUT2D eigenvalue weighted by atomic mass is 10.1. The molecule has 0 aliphatic rings. The van der Waals surface area contributed by atoms with Crippen molar-refractivity contribution in [3.8, 4) is 0 Å². The first-order chi connectivity index (χ1) is 9.09. The molecule has 0 radical (unpaired) electrons. The number of nitro benzene ring substituents is 1. The highest BCUT2D eigenvalue weighted by Crippen LogP contribution is 2.30. The van der Waals surface area contributed by atoms with E-state index in [4.69, 9.17) is 5.11 Å². The first kappa shape index (κ1) is 12.7. The zero-order chi connectivity index (χ0) is 13.8. The molecule has 2 aromatic rings. The van der Waals surface area contributed by atoms with Crippen LogP contribution in [0.5, 0.6) is 0 Å². The summed E-state index contributed by atoms with van der Waals surface area (Å²) in [6.45, 7) is 0.255. The summed E-state index contributed by atoms with van der Waals surface area (Å²) in [4.78, 5) is 24.8. The molecule has 0 spiro atoms. The lowest BCUT2D eigenvalue weighted by Crippen LogP contribution is -2.08. The molecule has 1 aromatic carbocycles. The van der Waals surface area contributed by atoms with Crippen LogP contribution in [0.1, 0.15) is 6.42 Å². The summed E-state index contributed by atoms with van der Waals surface area (Å²) in [6.07, 6.45) is 2.94. The number of pyridine rings is 1. The highest BCUT2D eigenvalue weighted by Gasteiger charge is 2.14. The minimum Gasteiger partial charge on any atom is -0.481 e. The average Bonchev–Trinajstić information content (AvgIpc) is 2.38. The van der Waals surface area contributed by atoms with E-state index >= 15 is 0 Å². The molecule has 1 heterocycles. The van der Waals surface area contributed by atoms with E-state index in [9.17, 15) is 14.9 Å². The van der Waals surface area contributed by atoms with E-state index in [2.05, 4.69) is 10.3 Å². The Labute approximate surface area is 108 Å². The predicted octanol–water partition coefficient (Wildman–Crippen LogP) is 2.03. The van der Waals surface area contributed by atoms with Crippen molar-refractivity contribution in [3.63, 3.8) is 0 Å². The minimum absolute atomic E-state index is 0.0214. The van der Waals surface area contributed by atoms with Crippen molar-refractivity contribution in [2.45, 2.75) is 6.42 Å². The average molecular weight is 261 g/mol. The normalized spacial score (nSPS) is 10.3. The van der Waals surface area contributed by atoms with E-state index in [0.29, 0.717) is 16.5 Å². The van der Waals surface area contributed by atoms with E-state index in [1.54, 1.807) is 12.1 Å². The number of aliphatic carboxylic acids is 1. The number of benzene rings is 1. The van der Waals surface area contributed by atoms with E-state index in [-0.39, 0.29) is 18.7 Å². The van der Waals surface area contributed by atoms with E-state index < -0.39 is 10.9 Å². The summed E-state index contributed by atoms with van der Waals surface area (Å²) in [6, 6.07) is 4.61. The number of aromatic nitrogens is 1. The third kappa shape index (κ3) is 2.76. The van der Waals surface area contributed by atoms with Crippen LogP contribution in [0.4, 0.5) is 11.4 Å². The Balaban J connectivity index is 2.38. The summed E-state index contributed by atoms with van der Waals surface area (Å²) in [5.74, 6) is -0.902. The van der Waals surface area contributed by atoms with Crippen molar-refractivity contribution in [3.05, 3.63) is 40.7 Å². The Hall–Kier alpha value is -2.70. The van der Waals surface area contributed by atoms with Gasteiger partial charge in [0.15, 0.2) is 0 Å². The number of nitrogens with zero attached hydrogens (tertiary/aromatic N) is 2. The van der Waals surface area contributed by atoms with Crippen LogP contribution in [-0.2, 0) is 4.79 Å². The number of rotatable bonds is 5. The molecule has 0 atom stereocenters. The number of carboxylic acids is 1. The maximum Gasteiger partial charge on any atom is 0.305 e. The van der Waals surface area contributed by atoms with E-state index in [1.165, 1.54) is 18.5 Å². The number of nitro groups is 1. The first-order valence-corrected chi connectivity index (χ1v) is 5.56. The van der Waals surface area contributed by atoms with Crippen molar-refractivity contribution < 1.29 is 14.8 Å². The summed E-state index contributed by atoms with van der Waals surface area (Å²) < 4.78 is 0. The molecule has 7 nitrogen and oxygen atoms in total. The van der Waals surface area contributed by atoms with Crippen molar-refractivity contribution >= 4 is 28.1 Å². The van der Waals surface area contributed by atoms with Crippen LogP contribution in [0.2, 0.25) is 0 Å². The molecule has 0 unspecified atom stereocenters. The van der Waals surface area contributed by atoms with Gasteiger partial charge in [-0.05, 0) is 12.1 Å². The Morgan fingerprint density at radius 1 is 1.37 bits per heavy atom. The van der Waals surface area contributed by atoms with Gasteiger partial charge in [-0.1, -0.05) is 0 Å². The SMILES string of the molecule is O=C(O)CCNc1ccc([N+](=O)[O-])c2cnccc12. The van der Waals surface area contributed by atoms with Crippen molar-refractivity contribution in [1.29, 1.82) is 0 Å². The number of carboxylic acid groups (broad SMARTS) is 1. The molecule has 19 heavy (non-hydrogen) atoms. The highest BCUT2D eigenvalue weighted by atomic mass is 16.6. The van der Waals surface area contributed by atoms with Gasteiger partial charge in [0.05, 0.1) is 16.7 Å². The molecule has 0 aliphatic carbocycles. The van der Waals surface area contributed by atoms with Gasteiger partial charge in [-0.15, -0.1) is 0 Å². The van der Waals surface area contributed by atoms with Crippen LogP contribution in [-0.4, -0.2) is 27.5 Å². The maximum absolute atomic E-state index is 10.9. The van der Waals surface area contributed by atoms with E-state index in [1.807, 2.05) is 0 Å². The second-order valence-electron chi connectivity index (χ2n) is 3.88. The molecule has 0 amide bonds. The van der Waals surface area contributed by atoms with Crippen molar-refractivity contribution in [2.24, 2.45) is 0 Å². The number of anilines is 1. The minimum atomic E-state index is -0.902. The highest BCUT2D eigenvalue weighted by molar-refractivity contribution is 5.99. The lowest BCUT2D eigenvalue weighted by Gasteiger charge is -2.08. The molecule has 0 saturated heterocycles. The summed E-state index contributed by atoms with van der Waals surface area (Å²) >= 11 is 0. The van der Waals surface area contributed by atoms with Gasteiger partial charge in [-0.3, -0.25) is 19.9 Å². The molecule has 0 bridgehead atoms. The largest absolute Gasteiger partial charge is 0.481 e. The predicted molar refractivity (Wildman–Crippen MR) is 69.1 cm³/mol. The summed E-state index contributed by atoms with van der Waals surface area (Å²) in [7, 11) is 0. The van der Waals surface area contributed by atoms with Crippen LogP contribution in [0.15, 0.2) is 30.6 Å². The first-order valence-electron chi connectivity index (χ1n) is 5.56. The standard InChI is InChI=1S/C12H11N3O4/c16-12(17)4-6-14-10-1-2-11(15(18)19)9-7-13-5-3-8(9)10/h1-3,5,7,14H,4,6H2,(H,16,17). The van der Waals surface area contributed by atoms with E-state index in [0.717, 1.165) is 0 Å². The van der Waals surface area contributed by atoms with Crippen LogP contribution in [0.3, 0.4) is 0 Å². The molecule has 0 fully saturated rings. The Kier molecular flexibility index (Phi) is 3.56. The van der Waals surface area contributed by atoms with Gasteiger partial charge < -0.3 is 10.4 Å². The third-order valence-electron chi connectivity index (χ3n) is 2.65. The van der Waals surface area contributed by atoms with Crippen LogP contribution >= 0.6 is 0 Å². The van der Waals surface area contributed by atoms with Crippen LogP contribution in [0.25, 0.3) is 10.8 Å². The topological polar surface area (TPSA) is 105 Å². The Morgan fingerprint density at radius 2 is 2.16 bits per heavy atom. The summed E-state index contributed by atoms with van der Waals surface area (Å²) in [5, 5.41) is 23.5. The zero-order valence-corrected chi connectivity index (χ0v) is 9.87. The monoisotopic (exact) mass is 261 g/mol. The molecule has 98 valence electrons. The molecule has 2 N–H and O–H groups in total. The van der Waals surface area contributed by atoms with Gasteiger partial charge in [-0.2, -0.15) is 0 Å². The van der Waals surface area contributed by atoms with Gasteiger partial charge in [0, 0.05) is 36.1 Å². The summed E-state index contributed by atoms with van der Waals surface area (Å²) in [5.41, 5.74) is 0.635. The Bertz CT molecular complexity index is 642. The Morgan fingerprint density at radius 3 is 2.84 bits per heavy atom. The molecular formula is C12H11N3O4. The number of hydrogen-bond donors (Lipinski definition) is 2. The quantitative estimate of drug-likeness (QED) is 0.630. The fourth-order valence-corrected chi connectivity index (χ4v) is 1.79. The second-order valence-corrected chi connectivity index (χ2v) is 3.88. The number of nitrogens with one attached hydrogen (secondary N) is 1. The van der Waals surface area contributed by atoms with Gasteiger partial charge >= 0.3 is 5.97 Å².